The highest BCUT2D eigenvalue weighted by molar-refractivity contribution is 7.93. The van der Waals surface area contributed by atoms with E-state index < -0.39 is 10.0 Å². The molecule has 1 aliphatic heterocycles. The average molecular weight is 385 g/mol. The van der Waals surface area contributed by atoms with Crippen molar-refractivity contribution in [1.29, 1.82) is 0 Å². The van der Waals surface area contributed by atoms with Gasteiger partial charge in [0.1, 0.15) is 0 Å². The summed E-state index contributed by atoms with van der Waals surface area (Å²) in [7, 11) is -3.89. The minimum Gasteiger partial charge on any atom is -0.337 e. The Morgan fingerprint density at radius 3 is 2.52 bits per heavy atom. The number of hydrogen-bond donors (Lipinski definition) is 1. The number of carbonyl (C=O) groups is 1. The number of anilines is 2. The van der Waals surface area contributed by atoms with Crippen molar-refractivity contribution in [3.63, 3.8) is 0 Å². The first kappa shape index (κ1) is 17.5. The molecule has 0 saturated carbocycles. The molecule has 0 aliphatic carbocycles. The van der Waals surface area contributed by atoms with E-state index in [-0.39, 0.29) is 16.7 Å². The van der Waals surface area contributed by atoms with E-state index in [1.54, 1.807) is 43.0 Å². The maximum absolute atomic E-state index is 13.0. The fraction of sp³-hybridized carbons (Fsp3) is 0.263. The Balaban J connectivity index is 1.82. The maximum Gasteiger partial charge on any atom is 0.264 e. The largest absolute Gasteiger partial charge is 0.337 e. The number of rotatable bonds is 4. The van der Waals surface area contributed by atoms with E-state index in [9.17, 15) is 13.2 Å². The number of aryl methyl sites for hydroxylation is 1. The fourth-order valence-electron chi connectivity index (χ4n) is 3.32. The molecule has 4 rings (SSSR count). The summed E-state index contributed by atoms with van der Waals surface area (Å²) >= 11 is 0. The van der Waals surface area contributed by atoms with Gasteiger partial charge in [-0.25, -0.2) is 13.1 Å². The average Bonchev–Trinajstić information content (AvgIpc) is 3.21. The number of hydrogen-bond acceptors (Lipinski definition) is 5. The fourth-order valence-corrected chi connectivity index (χ4v) is 4.59. The van der Waals surface area contributed by atoms with Gasteiger partial charge in [0.05, 0.1) is 16.3 Å². The summed E-state index contributed by atoms with van der Waals surface area (Å²) in [6.45, 7) is 4.13. The number of nitrogens with one attached hydrogen (secondary N) is 1. The lowest BCUT2D eigenvalue weighted by molar-refractivity contribution is -0.117. The van der Waals surface area contributed by atoms with Crippen LogP contribution in [0.5, 0.6) is 0 Å². The summed E-state index contributed by atoms with van der Waals surface area (Å²) in [5.74, 6) is 0.164. The quantitative estimate of drug-likeness (QED) is 0.743. The van der Waals surface area contributed by atoms with E-state index in [2.05, 4.69) is 9.88 Å². The molecular weight excluding hydrogens is 366 g/mol. The van der Waals surface area contributed by atoms with Crippen molar-refractivity contribution >= 4 is 38.3 Å². The van der Waals surface area contributed by atoms with Crippen molar-refractivity contribution in [2.24, 2.45) is 0 Å². The zero-order valence-corrected chi connectivity index (χ0v) is 15.8. The Labute approximate surface area is 157 Å². The minimum atomic E-state index is -3.89. The van der Waals surface area contributed by atoms with Crippen LogP contribution in [-0.2, 0) is 14.8 Å². The second-order valence-corrected chi connectivity index (χ2v) is 8.26. The molecule has 1 aliphatic rings. The first-order chi connectivity index (χ1) is 12.9. The van der Waals surface area contributed by atoms with Crippen molar-refractivity contribution < 1.29 is 17.7 Å². The van der Waals surface area contributed by atoms with Gasteiger partial charge in [-0.05, 0) is 32.4 Å². The highest BCUT2D eigenvalue weighted by Crippen LogP contribution is 2.34. The standard InChI is InChI=1S/C19H19N3O4S/c1-12-13(2)20-26-19(12)21-27(24,25)17-9-4-6-14-15(17)7-3-8-16(14)22-11-5-10-18(22)23/h3-4,6-9,21H,5,10-11H2,1-2H3. The van der Waals surface area contributed by atoms with E-state index in [1.807, 2.05) is 12.1 Å². The first-order valence-electron chi connectivity index (χ1n) is 8.66. The van der Waals surface area contributed by atoms with Gasteiger partial charge in [-0.1, -0.05) is 29.4 Å². The highest BCUT2D eigenvalue weighted by atomic mass is 32.2. The SMILES string of the molecule is Cc1noc(NS(=O)(=O)c2cccc3c(N4CCCC4=O)cccc23)c1C. The summed E-state index contributed by atoms with van der Waals surface area (Å²) in [5.41, 5.74) is 2.00. The number of fused-ring (bicyclic) bond motifs is 1. The number of amides is 1. The molecule has 0 spiro atoms. The first-order valence-corrected chi connectivity index (χ1v) is 10.1. The van der Waals surface area contributed by atoms with Crippen molar-refractivity contribution in [3.05, 3.63) is 47.7 Å². The normalized spacial score (nSPS) is 14.9. The second-order valence-electron chi connectivity index (χ2n) is 6.60. The number of nitrogens with zero attached hydrogens (tertiary/aromatic N) is 2. The third-order valence-corrected chi connectivity index (χ3v) is 6.29. The third-order valence-electron chi connectivity index (χ3n) is 4.90. The van der Waals surface area contributed by atoms with E-state index in [1.165, 1.54) is 0 Å². The van der Waals surface area contributed by atoms with Gasteiger partial charge in [0.15, 0.2) is 0 Å². The molecule has 8 heteroatoms. The molecule has 1 saturated heterocycles. The summed E-state index contributed by atoms with van der Waals surface area (Å²) < 4.78 is 33.6. The predicted octanol–water partition coefficient (Wildman–Crippen LogP) is 3.37. The number of benzene rings is 2. The molecule has 0 radical (unpaired) electrons. The lowest BCUT2D eigenvalue weighted by atomic mass is 10.1. The van der Waals surface area contributed by atoms with Crippen molar-refractivity contribution in [2.45, 2.75) is 31.6 Å². The highest BCUT2D eigenvalue weighted by Gasteiger charge is 2.26. The lowest BCUT2D eigenvalue weighted by Gasteiger charge is -2.19. The maximum atomic E-state index is 13.0. The second kappa shape index (κ2) is 6.38. The van der Waals surface area contributed by atoms with Crippen LogP contribution in [0, 0.1) is 13.8 Å². The van der Waals surface area contributed by atoms with Crippen LogP contribution in [0.15, 0.2) is 45.8 Å². The van der Waals surface area contributed by atoms with Crippen LogP contribution in [-0.4, -0.2) is 26.0 Å². The molecule has 1 N–H and O–H groups in total. The molecule has 140 valence electrons. The third kappa shape index (κ3) is 2.95. The van der Waals surface area contributed by atoms with Crippen LogP contribution in [0.4, 0.5) is 11.6 Å². The molecule has 3 aromatic rings. The van der Waals surface area contributed by atoms with Crippen molar-refractivity contribution in [2.75, 3.05) is 16.2 Å². The molecule has 0 atom stereocenters. The monoisotopic (exact) mass is 385 g/mol. The van der Waals surface area contributed by atoms with Crippen LogP contribution in [0.25, 0.3) is 10.8 Å². The number of aromatic nitrogens is 1. The van der Waals surface area contributed by atoms with Crippen molar-refractivity contribution in [1.82, 2.24) is 5.16 Å². The van der Waals surface area contributed by atoms with Crippen LogP contribution in [0.3, 0.4) is 0 Å². The van der Waals surface area contributed by atoms with Gasteiger partial charge in [0, 0.05) is 29.3 Å². The summed E-state index contributed by atoms with van der Waals surface area (Å²) in [6, 6.07) is 10.4. The zero-order valence-electron chi connectivity index (χ0n) is 15.0. The molecule has 7 nitrogen and oxygen atoms in total. The van der Waals surface area contributed by atoms with E-state index in [0.29, 0.717) is 29.6 Å². The smallest absolute Gasteiger partial charge is 0.264 e. The molecule has 0 bridgehead atoms. The Hall–Kier alpha value is -2.87. The molecule has 1 fully saturated rings. The van der Waals surface area contributed by atoms with Crippen LogP contribution >= 0.6 is 0 Å². The van der Waals surface area contributed by atoms with Gasteiger partial charge in [0.2, 0.25) is 11.8 Å². The van der Waals surface area contributed by atoms with Crippen molar-refractivity contribution in [3.8, 4) is 0 Å². The summed E-state index contributed by atoms with van der Waals surface area (Å²) in [4.78, 5) is 14.0. The minimum absolute atomic E-state index is 0.0571. The van der Waals surface area contributed by atoms with E-state index in [0.717, 1.165) is 17.5 Å². The van der Waals surface area contributed by atoms with E-state index in [4.69, 9.17) is 4.52 Å². The topological polar surface area (TPSA) is 92.5 Å². The zero-order chi connectivity index (χ0) is 19.2. The van der Waals surface area contributed by atoms with Gasteiger partial charge >= 0.3 is 0 Å². The van der Waals surface area contributed by atoms with Crippen LogP contribution in [0.1, 0.15) is 24.1 Å². The molecule has 2 aromatic carbocycles. The van der Waals surface area contributed by atoms with Gasteiger partial charge in [-0.15, -0.1) is 0 Å². The molecule has 1 amide bonds. The Kier molecular flexibility index (Phi) is 4.15. The van der Waals surface area contributed by atoms with Crippen LogP contribution < -0.4 is 9.62 Å². The summed E-state index contributed by atoms with van der Waals surface area (Å²) in [6.07, 6.45) is 1.32. The number of sulfonamides is 1. The number of carbonyl (C=O) groups excluding carboxylic acids is 1. The van der Waals surface area contributed by atoms with Crippen LogP contribution in [0.2, 0.25) is 0 Å². The van der Waals surface area contributed by atoms with E-state index >= 15 is 0 Å². The Bertz CT molecular complexity index is 1150. The van der Waals surface area contributed by atoms with Gasteiger partial charge in [0.25, 0.3) is 10.0 Å². The molecule has 0 unspecified atom stereocenters. The Morgan fingerprint density at radius 1 is 1.11 bits per heavy atom. The Morgan fingerprint density at radius 2 is 1.85 bits per heavy atom. The van der Waals surface area contributed by atoms with Gasteiger partial charge in [-0.3, -0.25) is 4.79 Å². The van der Waals surface area contributed by atoms with Gasteiger partial charge in [-0.2, -0.15) is 0 Å². The summed E-state index contributed by atoms with van der Waals surface area (Å²) in [5, 5.41) is 5.06. The molecule has 2 heterocycles. The van der Waals surface area contributed by atoms with Gasteiger partial charge < -0.3 is 9.42 Å². The molecule has 27 heavy (non-hydrogen) atoms. The molecule has 1 aromatic heterocycles. The lowest BCUT2D eigenvalue weighted by Crippen LogP contribution is -2.24. The predicted molar refractivity (Wildman–Crippen MR) is 102 cm³/mol. The molecular formula is C19H19N3O4S.